The molecule has 6 heteroatoms. The highest BCUT2D eigenvalue weighted by Gasteiger charge is 2.60. The molecule has 28 heavy (non-hydrogen) atoms. The quantitative estimate of drug-likeness (QED) is 0.853. The number of aliphatic hydroxyl groups is 1. The third kappa shape index (κ3) is 2.85. The molecule has 0 unspecified atom stereocenters. The third-order valence-corrected chi connectivity index (χ3v) is 7.11. The number of nitrogens with one attached hydrogen (secondary N) is 1. The van der Waals surface area contributed by atoms with Gasteiger partial charge in [0.25, 0.3) is 0 Å². The van der Waals surface area contributed by atoms with Gasteiger partial charge in [-0.1, -0.05) is 12.1 Å². The van der Waals surface area contributed by atoms with Crippen molar-refractivity contribution in [2.75, 3.05) is 0 Å². The standard InChI is InChI=1S/C22H26FN3O2/c1-26-7-6-24-19(26)18(16-2-4-17(23)5-3-16)25-20(27)21-9-14-8-15(10-21)12-22(28,11-14)13-21/h2-7,14-15,18,28H,8-13H2,1H3,(H,25,27)/t14-,15-,18-,21?,22?/m1/s1. The van der Waals surface area contributed by atoms with Crippen LogP contribution in [0.1, 0.15) is 56.0 Å². The predicted octanol–water partition coefficient (Wildman–Crippen LogP) is 3.10. The highest BCUT2D eigenvalue weighted by Crippen LogP contribution is 2.61. The van der Waals surface area contributed by atoms with Crippen LogP contribution in [-0.4, -0.2) is 26.2 Å². The van der Waals surface area contributed by atoms with E-state index in [-0.39, 0.29) is 11.7 Å². The van der Waals surface area contributed by atoms with Gasteiger partial charge in [-0.2, -0.15) is 0 Å². The summed E-state index contributed by atoms with van der Waals surface area (Å²) in [6.07, 6.45) is 8.60. The lowest BCUT2D eigenvalue weighted by atomic mass is 9.47. The number of carbonyl (C=O) groups excluding carboxylic acids is 1. The van der Waals surface area contributed by atoms with Gasteiger partial charge in [-0.3, -0.25) is 4.79 Å². The Bertz CT molecular complexity index is 893. The number of hydrogen-bond acceptors (Lipinski definition) is 3. The van der Waals surface area contributed by atoms with Gasteiger partial charge >= 0.3 is 0 Å². The van der Waals surface area contributed by atoms with Gasteiger partial charge in [0.1, 0.15) is 17.7 Å². The second kappa shape index (κ2) is 6.14. The molecule has 1 aromatic heterocycles. The highest BCUT2D eigenvalue weighted by atomic mass is 19.1. The summed E-state index contributed by atoms with van der Waals surface area (Å²) in [5.41, 5.74) is -0.384. The Hall–Kier alpha value is -2.21. The zero-order valence-electron chi connectivity index (χ0n) is 16.1. The van der Waals surface area contributed by atoms with Crippen molar-refractivity contribution in [2.45, 2.75) is 50.2 Å². The molecule has 5 nitrogen and oxygen atoms in total. The zero-order chi connectivity index (χ0) is 19.5. The molecule has 2 aromatic rings. The lowest BCUT2D eigenvalue weighted by Crippen LogP contribution is -2.60. The van der Waals surface area contributed by atoms with Gasteiger partial charge in [0, 0.05) is 19.4 Å². The molecule has 3 atom stereocenters. The van der Waals surface area contributed by atoms with E-state index in [9.17, 15) is 14.3 Å². The first-order valence-electron chi connectivity index (χ1n) is 10.1. The van der Waals surface area contributed by atoms with Crippen molar-refractivity contribution < 1.29 is 14.3 Å². The topological polar surface area (TPSA) is 67.2 Å². The van der Waals surface area contributed by atoms with E-state index in [0.29, 0.717) is 24.1 Å². The van der Waals surface area contributed by atoms with Crippen molar-refractivity contribution in [1.29, 1.82) is 0 Å². The average molecular weight is 383 g/mol. The van der Waals surface area contributed by atoms with E-state index in [1.54, 1.807) is 18.3 Å². The van der Waals surface area contributed by atoms with Crippen LogP contribution in [0.4, 0.5) is 4.39 Å². The molecule has 148 valence electrons. The van der Waals surface area contributed by atoms with Crippen molar-refractivity contribution in [1.82, 2.24) is 14.9 Å². The predicted molar refractivity (Wildman–Crippen MR) is 102 cm³/mol. The Morgan fingerprint density at radius 3 is 2.50 bits per heavy atom. The van der Waals surface area contributed by atoms with Gasteiger partial charge < -0.3 is 15.0 Å². The van der Waals surface area contributed by atoms with Crippen molar-refractivity contribution in [3.05, 3.63) is 53.9 Å². The molecular formula is C22H26FN3O2. The second-order valence-electron chi connectivity index (χ2n) is 9.32. The van der Waals surface area contributed by atoms with Crippen LogP contribution in [-0.2, 0) is 11.8 Å². The van der Waals surface area contributed by atoms with Crippen molar-refractivity contribution in [3.63, 3.8) is 0 Å². The second-order valence-corrected chi connectivity index (χ2v) is 9.32. The highest BCUT2D eigenvalue weighted by molar-refractivity contribution is 5.84. The molecule has 0 saturated heterocycles. The Morgan fingerprint density at radius 1 is 1.25 bits per heavy atom. The van der Waals surface area contributed by atoms with Crippen molar-refractivity contribution in [2.24, 2.45) is 24.3 Å². The molecule has 0 spiro atoms. The fraction of sp³-hybridized carbons (Fsp3) is 0.545. The third-order valence-electron chi connectivity index (χ3n) is 7.11. The number of nitrogens with zero attached hydrogens (tertiary/aromatic N) is 2. The fourth-order valence-corrected chi connectivity index (χ4v) is 6.37. The van der Waals surface area contributed by atoms with E-state index < -0.39 is 17.1 Å². The molecule has 4 aliphatic rings. The number of benzene rings is 1. The van der Waals surface area contributed by atoms with Gasteiger partial charge in [-0.15, -0.1) is 0 Å². The summed E-state index contributed by atoms with van der Waals surface area (Å²) in [5.74, 6) is 1.28. The number of aryl methyl sites for hydroxylation is 1. The molecule has 4 saturated carbocycles. The van der Waals surface area contributed by atoms with Crippen molar-refractivity contribution >= 4 is 5.91 Å². The first-order valence-corrected chi connectivity index (χ1v) is 10.1. The minimum absolute atomic E-state index is 0.00245. The summed E-state index contributed by atoms with van der Waals surface area (Å²) in [7, 11) is 1.89. The van der Waals surface area contributed by atoms with Gasteiger partial charge in [0.15, 0.2) is 0 Å². The minimum Gasteiger partial charge on any atom is -0.390 e. The van der Waals surface area contributed by atoms with E-state index in [0.717, 1.165) is 37.7 Å². The normalized spacial score (nSPS) is 34.4. The Morgan fingerprint density at radius 2 is 1.93 bits per heavy atom. The van der Waals surface area contributed by atoms with E-state index in [1.807, 2.05) is 17.8 Å². The maximum atomic E-state index is 13.6. The summed E-state index contributed by atoms with van der Waals surface area (Å²) in [6.45, 7) is 0. The minimum atomic E-state index is -0.685. The number of aromatic nitrogens is 2. The fourth-order valence-electron chi connectivity index (χ4n) is 6.37. The Kier molecular flexibility index (Phi) is 3.92. The molecule has 0 radical (unpaired) electrons. The monoisotopic (exact) mass is 383 g/mol. The largest absolute Gasteiger partial charge is 0.390 e. The molecule has 1 heterocycles. The molecule has 0 aliphatic heterocycles. The van der Waals surface area contributed by atoms with Crippen LogP contribution < -0.4 is 5.32 Å². The average Bonchev–Trinajstić information content (AvgIpc) is 3.04. The molecule has 1 amide bonds. The van der Waals surface area contributed by atoms with Crippen LogP contribution in [0, 0.1) is 23.1 Å². The van der Waals surface area contributed by atoms with Crippen LogP contribution >= 0.6 is 0 Å². The summed E-state index contributed by atoms with van der Waals surface area (Å²) < 4.78 is 15.3. The SMILES string of the molecule is Cn1ccnc1[C@H](NC(=O)C12C[C@H]3C[C@@H](CC(O)(C3)C1)C2)c1ccc(F)cc1. The van der Waals surface area contributed by atoms with Gasteiger partial charge in [0.05, 0.1) is 11.0 Å². The lowest BCUT2D eigenvalue weighted by Gasteiger charge is -2.59. The van der Waals surface area contributed by atoms with E-state index in [4.69, 9.17) is 0 Å². The molecule has 6 rings (SSSR count). The summed E-state index contributed by atoms with van der Waals surface area (Å²) in [5, 5.41) is 14.2. The number of halogens is 1. The molecular weight excluding hydrogens is 357 g/mol. The zero-order valence-corrected chi connectivity index (χ0v) is 16.1. The van der Waals surface area contributed by atoms with Crippen LogP contribution in [0.2, 0.25) is 0 Å². The first-order chi connectivity index (χ1) is 13.4. The smallest absolute Gasteiger partial charge is 0.227 e. The van der Waals surface area contributed by atoms with E-state index in [2.05, 4.69) is 10.3 Å². The Balaban J connectivity index is 1.47. The number of amides is 1. The summed E-state index contributed by atoms with van der Waals surface area (Å²) in [4.78, 5) is 18.0. The van der Waals surface area contributed by atoms with Gasteiger partial charge in [-0.25, -0.2) is 9.37 Å². The van der Waals surface area contributed by atoms with E-state index >= 15 is 0 Å². The molecule has 4 aliphatic carbocycles. The molecule has 2 N–H and O–H groups in total. The van der Waals surface area contributed by atoms with Crippen LogP contribution in [0.25, 0.3) is 0 Å². The Labute approximate surface area is 164 Å². The molecule has 1 aromatic carbocycles. The molecule has 4 bridgehead atoms. The summed E-state index contributed by atoms with van der Waals surface area (Å²) in [6, 6.07) is 5.76. The van der Waals surface area contributed by atoms with Crippen LogP contribution in [0.3, 0.4) is 0 Å². The number of imidazole rings is 1. The van der Waals surface area contributed by atoms with E-state index in [1.165, 1.54) is 12.1 Å². The van der Waals surface area contributed by atoms with Crippen LogP contribution in [0.15, 0.2) is 36.7 Å². The summed E-state index contributed by atoms with van der Waals surface area (Å²) >= 11 is 0. The maximum absolute atomic E-state index is 13.6. The number of rotatable bonds is 4. The lowest BCUT2D eigenvalue weighted by molar-refractivity contribution is -0.178. The number of hydrogen-bond donors (Lipinski definition) is 2. The number of carbonyl (C=O) groups is 1. The van der Waals surface area contributed by atoms with Crippen molar-refractivity contribution in [3.8, 4) is 0 Å². The first kappa shape index (κ1) is 17.9. The maximum Gasteiger partial charge on any atom is 0.227 e. The van der Waals surface area contributed by atoms with Gasteiger partial charge in [0.2, 0.25) is 5.91 Å². The van der Waals surface area contributed by atoms with Gasteiger partial charge in [-0.05, 0) is 68.1 Å². The van der Waals surface area contributed by atoms with Crippen LogP contribution in [0.5, 0.6) is 0 Å². The molecule has 4 fully saturated rings.